The van der Waals surface area contributed by atoms with Gasteiger partial charge in [0, 0.05) is 18.3 Å². The number of aromatic nitrogens is 2. The fourth-order valence-electron chi connectivity index (χ4n) is 3.51. The van der Waals surface area contributed by atoms with Gasteiger partial charge in [0.25, 0.3) is 5.91 Å². The number of hydrogen-bond acceptors (Lipinski definition) is 4. The summed E-state index contributed by atoms with van der Waals surface area (Å²) in [6, 6.07) is 6.69. The van der Waals surface area contributed by atoms with Gasteiger partial charge in [0.1, 0.15) is 5.69 Å². The predicted octanol–water partition coefficient (Wildman–Crippen LogP) is 4.83. The Kier molecular flexibility index (Phi) is 5.86. The normalized spacial score (nSPS) is 17.5. The first-order valence-electron chi connectivity index (χ1n) is 9.39. The summed E-state index contributed by atoms with van der Waals surface area (Å²) in [4.78, 5) is 23.6. The van der Waals surface area contributed by atoms with E-state index in [-0.39, 0.29) is 11.4 Å². The van der Waals surface area contributed by atoms with Gasteiger partial charge in [0.05, 0.1) is 11.3 Å². The molecule has 0 radical (unpaired) electrons. The zero-order valence-electron chi connectivity index (χ0n) is 15.9. The Morgan fingerprint density at radius 2 is 2.00 bits per heavy atom. The quantitative estimate of drug-likeness (QED) is 0.810. The molecule has 1 atom stereocenters. The lowest BCUT2D eigenvalue weighted by Crippen LogP contribution is -2.40. The molecule has 0 saturated carbocycles. The maximum atomic E-state index is 13.2. The van der Waals surface area contributed by atoms with E-state index >= 15 is 0 Å². The molecular formula is C20H23F3N4O. The number of rotatable bonds is 4. The summed E-state index contributed by atoms with van der Waals surface area (Å²) in [5.41, 5.74) is -0.529. The Hall–Kier alpha value is -2.64. The summed E-state index contributed by atoms with van der Waals surface area (Å²) in [5, 5.41) is 2.35. The van der Waals surface area contributed by atoms with Gasteiger partial charge in [-0.25, -0.2) is 9.97 Å². The van der Waals surface area contributed by atoms with Gasteiger partial charge < -0.3 is 10.2 Å². The van der Waals surface area contributed by atoms with Crippen molar-refractivity contribution in [3.63, 3.8) is 0 Å². The second-order valence-electron chi connectivity index (χ2n) is 6.94. The monoisotopic (exact) mass is 392 g/mol. The van der Waals surface area contributed by atoms with Crippen LogP contribution in [0.4, 0.5) is 24.8 Å². The van der Waals surface area contributed by atoms with Gasteiger partial charge >= 0.3 is 6.18 Å². The average molecular weight is 392 g/mol. The highest BCUT2D eigenvalue weighted by Gasteiger charge is 2.34. The van der Waals surface area contributed by atoms with Gasteiger partial charge in [0.2, 0.25) is 5.95 Å². The minimum atomic E-state index is -4.56. The molecule has 1 fully saturated rings. The number of aryl methyl sites for hydroxylation is 1. The van der Waals surface area contributed by atoms with Crippen molar-refractivity contribution in [1.82, 2.24) is 9.97 Å². The zero-order chi connectivity index (χ0) is 20.3. The van der Waals surface area contributed by atoms with Gasteiger partial charge in [-0.05, 0) is 50.8 Å². The van der Waals surface area contributed by atoms with Crippen molar-refractivity contribution in [3.05, 3.63) is 47.3 Å². The molecule has 2 aromatic rings. The summed E-state index contributed by atoms with van der Waals surface area (Å²) < 4.78 is 39.5. The highest BCUT2D eigenvalue weighted by atomic mass is 19.4. The topological polar surface area (TPSA) is 58.1 Å². The first kappa shape index (κ1) is 20.1. The number of benzene rings is 1. The number of alkyl halides is 3. The Morgan fingerprint density at radius 1 is 1.25 bits per heavy atom. The highest BCUT2D eigenvalue weighted by Crippen LogP contribution is 2.34. The van der Waals surface area contributed by atoms with E-state index in [1.54, 1.807) is 6.92 Å². The summed E-state index contributed by atoms with van der Waals surface area (Å²) in [6.07, 6.45) is -0.415. The lowest BCUT2D eigenvalue weighted by atomic mass is 10.0. The maximum absolute atomic E-state index is 13.2. The van der Waals surface area contributed by atoms with Crippen molar-refractivity contribution in [2.24, 2.45) is 0 Å². The molecule has 1 amide bonds. The number of anilines is 2. The summed E-state index contributed by atoms with van der Waals surface area (Å²) in [5.74, 6) is -0.227. The van der Waals surface area contributed by atoms with Gasteiger partial charge in [-0.1, -0.05) is 19.1 Å². The van der Waals surface area contributed by atoms with E-state index in [2.05, 4.69) is 27.1 Å². The number of nitrogens with zero attached hydrogens (tertiary/aromatic N) is 3. The molecule has 1 aromatic heterocycles. The number of nitrogens with one attached hydrogen (secondary N) is 1. The molecule has 5 nitrogen and oxygen atoms in total. The molecule has 8 heteroatoms. The van der Waals surface area contributed by atoms with Crippen LogP contribution in [0.25, 0.3) is 0 Å². The number of carbonyl (C=O) groups is 1. The van der Waals surface area contributed by atoms with Gasteiger partial charge in [0.15, 0.2) is 0 Å². The molecule has 1 saturated heterocycles. The summed E-state index contributed by atoms with van der Waals surface area (Å²) in [7, 11) is 0. The third kappa shape index (κ3) is 4.43. The molecule has 1 aliphatic rings. The molecule has 1 unspecified atom stereocenters. The lowest BCUT2D eigenvalue weighted by Gasteiger charge is -2.35. The molecule has 0 aliphatic carbocycles. The molecule has 0 spiro atoms. The van der Waals surface area contributed by atoms with Crippen LogP contribution in [-0.4, -0.2) is 28.5 Å². The van der Waals surface area contributed by atoms with Crippen LogP contribution in [0.1, 0.15) is 54.4 Å². The Bertz CT molecular complexity index is 854. The fraction of sp³-hybridized carbons (Fsp3) is 0.450. The van der Waals surface area contributed by atoms with Gasteiger partial charge in [-0.15, -0.1) is 0 Å². The van der Waals surface area contributed by atoms with Crippen molar-refractivity contribution < 1.29 is 18.0 Å². The Balaban J connectivity index is 1.88. The minimum absolute atomic E-state index is 0.0555. The number of para-hydroxylation sites is 1. The lowest BCUT2D eigenvalue weighted by molar-refractivity contribution is -0.136. The van der Waals surface area contributed by atoms with Crippen LogP contribution < -0.4 is 10.2 Å². The van der Waals surface area contributed by atoms with Crippen LogP contribution >= 0.6 is 0 Å². The van der Waals surface area contributed by atoms with Crippen LogP contribution in [0.2, 0.25) is 0 Å². The first-order valence-corrected chi connectivity index (χ1v) is 9.39. The van der Waals surface area contributed by atoms with E-state index in [4.69, 9.17) is 0 Å². The standard InChI is InChI=1S/C20H23F3N4O/c1-3-14-8-6-7-11-27(14)19-24-13(2)12-17(26-19)18(28)25-16-10-5-4-9-15(16)20(21,22)23/h4-5,9-10,12,14H,3,6-8,11H2,1-2H3,(H,25,28). The number of hydrogen-bond donors (Lipinski definition) is 1. The molecule has 1 aliphatic heterocycles. The van der Waals surface area contributed by atoms with E-state index in [9.17, 15) is 18.0 Å². The number of amides is 1. The van der Waals surface area contributed by atoms with Crippen molar-refractivity contribution >= 4 is 17.5 Å². The Labute approximate surface area is 162 Å². The van der Waals surface area contributed by atoms with Crippen molar-refractivity contribution in [3.8, 4) is 0 Å². The minimum Gasteiger partial charge on any atom is -0.338 e. The number of carbonyl (C=O) groups excluding carboxylic acids is 1. The molecule has 3 rings (SSSR count). The zero-order valence-corrected chi connectivity index (χ0v) is 15.9. The number of piperidine rings is 1. The largest absolute Gasteiger partial charge is 0.418 e. The number of halogens is 3. The van der Waals surface area contributed by atoms with Crippen molar-refractivity contribution in [2.45, 2.75) is 51.7 Å². The van der Waals surface area contributed by atoms with Crippen LogP contribution in [-0.2, 0) is 6.18 Å². The van der Waals surface area contributed by atoms with Crippen LogP contribution in [0.5, 0.6) is 0 Å². The van der Waals surface area contributed by atoms with E-state index in [1.807, 2.05) is 0 Å². The maximum Gasteiger partial charge on any atom is 0.418 e. The second kappa shape index (κ2) is 8.16. The SMILES string of the molecule is CCC1CCCCN1c1nc(C)cc(C(=O)Nc2ccccc2C(F)(F)F)n1. The highest BCUT2D eigenvalue weighted by molar-refractivity contribution is 6.03. The van der Waals surface area contributed by atoms with E-state index in [0.29, 0.717) is 17.7 Å². The van der Waals surface area contributed by atoms with Gasteiger partial charge in [-0.2, -0.15) is 13.2 Å². The van der Waals surface area contributed by atoms with Crippen LogP contribution in [0.15, 0.2) is 30.3 Å². The summed E-state index contributed by atoms with van der Waals surface area (Å²) >= 11 is 0. The van der Waals surface area contributed by atoms with E-state index < -0.39 is 17.6 Å². The average Bonchev–Trinajstić information content (AvgIpc) is 2.67. The predicted molar refractivity (Wildman–Crippen MR) is 101 cm³/mol. The molecule has 150 valence electrons. The van der Waals surface area contributed by atoms with Crippen molar-refractivity contribution in [2.75, 3.05) is 16.8 Å². The summed E-state index contributed by atoms with van der Waals surface area (Å²) in [6.45, 7) is 4.65. The molecular weight excluding hydrogens is 369 g/mol. The van der Waals surface area contributed by atoms with Gasteiger partial charge in [-0.3, -0.25) is 4.79 Å². The van der Waals surface area contributed by atoms with Crippen molar-refractivity contribution in [1.29, 1.82) is 0 Å². The molecule has 1 aromatic carbocycles. The van der Waals surface area contributed by atoms with E-state index in [0.717, 1.165) is 38.3 Å². The molecule has 0 bridgehead atoms. The first-order chi connectivity index (χ1) is 13.3. The molecule has 2 heterocycles. The smallest absolute Gasteiger partial charge is 0.338 e. The van der Waals surface area contributed by atoms with Crippen LogP contribution in [0, 0.1) is 6.92 Å². The Morgan fingerprint density at radius 3 is 2.71 bits per heavy atom. The second-order valence-corrected chi connectivity index (χ2v) is 6.94. The third-order valence-electron chi connectivity index (χ3n) is 4.91. The molecule has 28 heavy (non-hydrogen) atoms. The third-order valence-corrected chi connectivity index (χ3v) is 4.91. The van der Waals surface area contributed by atoms with E-state index in [1.165, 1.54) is 24.3 Å². The molecule has 1 N–H and O–H groups in total. The fourth-order valence-corrected chi connectivity index (χ4v) is 3.51. The van der Waals surface area contributed by atoms with Crippen LogP contribution in [0.3, 0.4) is 0 Å².